The van der Waals surface area contributed by atoms with Gasteiger partial charge in [-0.1, -0.05) is 6.07 Å². The monoisotopic (exact) mass is 282 g/mol. The molecule has 0 unspecified atom stereocenters. The second-order valence-corrected chi connectivity index (χ2v) is 4.04. The lowest BCUT2D eigenvalue weighted by molar-refractivity contribution is -0.139. The standard InChI is InChI=1S/C12H14N2O6/c13-9(16)5-4-7(12(19)20)14-11(18)6-2-1-3-8(15)10(6)17/h1-3,7,15,17H,4-5H2,(H2,13,16)(H,14,18)(H,19,20)/t7-/m1/s1. The third-order valence-electron chi connectivity index (χ3n) is 2.54. The molecule has 0 radical (unpaired) electrons. The van der Waals surface area contributed by atoms with Crippen LogP contribution in [0.15, 0.2) is 18.2 Å². The van der Waals surface area contributed by atoms with Crippen LogP contribution in [0.25, 0.3) is 0 Å². The van der Waals surface area contributed by atoms with Crippen LogP contribution in [0, 0.1) is 0 Å². The molecule has 0 aliphatic carbocycles. The number of aromatic hydroxyl groups is 2. The summed E-state index contributed by atoms with van der Waals surface area (Å²) in [7, 11) is 0. The molecule has 0 aliphatic rings. The van der Waals surface area contributed by atoms with Gasteiger partial charge < -0.3 is 26.4 Å². The van der Waals surface area contributed by atoms with Crippen molar-refractivity contribution < 1.29 is 29.7 Å². The summed E-state index contributed by atoms with van der Waals surface area (Å²) in [5.41, 5.74) is 4.64. The summed E-state index contributed by atoms with van der Waals surface area (Å²) in [6, 6.07) is 2.39. The minimum atomic E-state index is -1.33. The molecule has 1 aromatic rings. The number of hydrogen-bond donors (Lipinski definition) is 5. The fourth-order valence-corrected chi connectivity index (χ4v) is 1.49. The lowest BCUT2D eigenvalue weighted by Gasteiger charge is -2.14. The molecular formula is C12H14N2O6. The maximum Gasteiger partial charge on any atom is 0.326 e. The Morgan fingerprint density at radius 1 is 1.25 bits per heavy atom. The van der Waals surface area contributed by atoms with Gasteiger partial charge in [-0.25, -0.2) is 4.79 Å². The Morgan fingerprint density at radius 2 is 1.90 bits per heavy atom. The smallest absolute Gasteiger partial charge is 0.326 e. The highest BCUT2D eigenvalue weighted by Gasteiger charge is 2.23. The van der Waals surface area contributed by atoms with Gasteiger partial charge in [0, 0.05) is 6.42 Å². The molecule has 1 rings (SSSR count). The van der Waals surface area contributed by atoms with E-state index in [-0.39, 0.29) is 18.4 Å². The van der Waals surface area contributed by atoms with E-state index in [0.717, 1.165) is 0 Å². The number of carbonyl (C=O) groups is 3. The number of benzene rings is 1. The van der Waals surface area contributed by atoms with Crippen molar-refractivity contribution in [2.24, 2.45) is 5.73 Å². The molecule has 2 amide bonds. The lowest BCUT2D eigenvalue weighted by Crippen LogP contribution is -2.41. The molecule has 8 nitrogen and oxygen atoms in total. The molecular weight excluding hydrogens is 268 g/mol. The van der Waals surface area contributed by atoms with E-state index in [1.54, 1.807) is 0 Å². The molecule has 0 saturated heterocycles. The number of primary amides is 1. The predicted octanol–water partition coefficient (Wildman–Crippen LogP) is -0.454. The largest absolute Gasteiger partial charge is 0.504 e. The normalized spacial score (nSPS) is 11.6. The van der Waals surface area contributed by atoms with Gasteiger partial charge in [-0.15, -0.1) is 0 Å². The van der Waals surface area contributed by atoms with E-state index in [9.17, 15) is 24.6 Å². The maximum absolute atomic E-state index is 11.8. The molecule has 0 aromatic heterocycles. The van der Waals surface area contributed by atoms with Crippen molar-refractivity contribution >= 4 is 17.8 Å². The number of carboxylic acid groups (broad SMARTS) is 1. The Kier molecular flexibility index (Phi) is 4.90. The summed E-state index contributed by atoms with van der Waals surface area (Å²) >= 11 is 0. The van der Waals surface area contributed by atoms with E-state index in [1.807, 2.05) is 0 Å². The van der Waals surface area contributed by atoms with Crippen molar-refractivity contribution in [3.63, 3.8) is 0 Å². The first-order valence-electron chi connectivity index (χ1n) is 5.66. The molecule has 0 aliphatic heterocycles. The van der Waals surface area contributed by atoms with E-state index >= 15 is 0 Å². The Labute approximate surface area is 113 Å². The molecule has 0 saturated carbocycles. The molecule has 0 heterocycles. The van der Waals surface area contributed by atoms with E-state index < -0.39 is 35.3 Å². The summed E-state index contributed by atoms with van der Waals surface area (Å²) in [5.74, 6) is -4.05. The van der Waals surface area contributed by atoms with Crippen LogP contribution in [0.2, 0.25) is 0 Å². The SMILES string of the molecule is NC(=O)CC[C@@H](NC(=O)c1cccc(O)c1O)C(=O)O. The van der Waals surface area contributed by atoms with Crippen LogP contribution in [0.4, 0.5) is 0 Å². The van der Waals surface area contributed by atoms with E-state index in [4.69, 9.17) is 10.8 Å². The quantitative estimate of drug-likeness (QED) is 0.446. The molecule has 6 N–H and O–H groups in total. The van der Waals surface area contributed by atoms with Crippen LogP contribution in [0.5, 0.6) is 11.5 Å². The fraction of sp³-hybridized carbons (Fsp3) is 0.250. The Bertz CT molecular complexity index is 543. The van der Waals surface area contributed by atoms with Gasteiger partial charge in [0.05, 0.1) is 5.56 Å². The zero-order valence-electron chi connectivity index (χ0n) is 10.4. The molecule has 8 heteroatoms. The van der Waals surface area contributed by atoms with Gasteiger partial charge in [-0.2, -0.15) is 0 Å². The number of hydrogen-bond acceptors (Lipinski definition) is 5. The first kappa shape index (κ1) is 15.3. The Morgan fingerprint density at radius 3 is 2.45 bits per heavy atom. The van der Waals surface area contributed by atoms with Crippen LogP contribution < -0.4 is 11.1 Å². The number of carbonyl (C=O) groups excluding carboxylic acids is 2. The number of para-hydroxylation sites is 1. The molecule has 0 bridgehead atoms. The third kappa shape index (κ3) is 3.87. The fourth-order valence-electron chi connectivity index (χ4n) is 1.49. The molecule has 1 aromatic carbocycles. The maximum atomic E-state index is 11.8. The zero-order chi connectivity index (χ0) is 15.3. The number of phenols is 2. The molecule has 0 fully saturated rings. The molecule has 20 heavy (non-hydrogen) atoms. The van der Waals surface area contributed by atoms with Gasteiger partial charge in [-0.3, -0.25) is 9.59 Å². The van der Waals surface area contributed by atoms with Crippen molar-refractivity contribution in [2.75, 3.05) is 0 Å². The van der Waals surface area contributed by atoms with Crippen molar-refractivity contribution in [3.05, 3.63) is 23.8 Å². The summed E-state index contributed by atoms with van der Waals surface area (Å²) < 4.78 is 0. The highest BCUT2D eigenvalue weighted by atomic mass is 16.4. The summed E-state index contributed by atoms with van der Waals surface area (Å²) in [6.45, 7) is 0. The van der Waals surface area contributed by atoms with E-state index in [0.29, 0.717) is 0 Å². The van der Waals surface area contributed by atoms with Crippen LogP contribution in [-0.4, -0.2) is 39.1 Å². The van der Waals surface area contributed by atoms with Gasteiger partial charge in [-0.05, 0) is 18.6 Å². The van der Waals surface area contributed by atoms with Gasteiger partial charge in [0.15, 0.2) is 11.5 Å². The van der Waals surface area contributed by atoms with Crippen molar-refractivity contribution in [3.8, 4) is 11.5 Å². The summed E-state index contributed by atoms with van der Waals surface area (Å²) in [6.07, 6.45) is -0.376. The number of rotatable bonds is 6. The lowest BCUT2D eigenvalue weighted by atomic mass is 10.1. The van der Waals surface area contributed by atoms with Crippen molar-refractivity contribution in [1.29, 1.82) is 0 Å². The van der Waals surface area contributed by atoms with E-state index in [2.05, 4.69) is 5.32 Å². The van der Waals surface area contributed by atoms with Gasteiger partial charge in [0.1, 0.15) is 6.04 Å². The van der Waals surface area contributed by atoms with Crippen LogP contribution >= 0.6 is 0 Å². The Hall–Kier alpha value is -2.77. The van der Waals surface area contributed by atoms with Gasteiger partial charge in [0.2, 0.25) is 5.91 Å². The highest BCUT2D eigenvalue weighted by molar-refractivity contribution is 5.99. The average molecular weight is 282 g/mol. The zero-order valence-corrected chi connectivity index (χ0v) is 10.4. The van der Waals surface area contributed by atoms with Crippen LogP contribution in [0.1, 0.15) is 23.2 Å². The molecule has 108 valence electrons. The number of aliphatic carboxylic acids is 1. The molecule has 1 atom stereocenters. The number of carboxylic acids is 1. The number of nitrogens with two attached hydrogens (primary N) is 1. The van der Waals surface area contributed by atoms with Gasteiger partial charge >= 0.3 is 5.97 Å². The topological polar surface area (TPSA) is 150 Å². The number of amides is 2. The highest BCUT2D eigenvalue weighted by Crippen LogP contribution is 2.28. The average Bonchev–Trinajstić information content (AvgIpc) is 2.36. The number of phenolic OH excluding ortho intramolecular Hbond substituents is 2. The Balaban J connectivity index is 2.83. The van der Waals surface area contributed by atoms with E-state index in [1.165, 1.54) is 18.2 Å². The second kappa shape index (κ2) is 6.41. The third-order valence-corrected chi connectivity index (χ3v) is 2.54. The molecule has 0 spiro atoms. The summed E-state index contributed by atoms with van der Waals surface area (Å²) in [5, 5.41) is 29.8. The minimum absolute atomic E-state index is 0.171. The predicted molar refractivity (Wildman–Crippen MR) is 67.1 cm³/mol. The van der Waals surface area contributed by atoms with Crippen LogP contribution in [-0.2, 0) is 9.59 Å². The first-order chi connectivity index (χ1) is 9.32. The second-order valence-electron chi connectivity index (χ2n) is 4.04. The number of nitrogens with one attached hydrogen (secondary N) is 1. The first-order valence-corrected chi connectivity index (χ1v) is 5.66. The van der Waals surface area contributed by atoms with Crippen LogP contribution in [0.3, 0.4) is 0 Å². The van der Waals surface area contributed by atoms with Crippen molar-refractivity contribution in [1.82, 2.24) is 5.32 Å². The van der Waals surface area contributed by atoms with Gasteiger partial charge in [0.25, 0.3) is 5.91 Å². The summed E-state index contributed by atoms with van der Waals surface area (Å²) in [4.78, 5) is 33.4. The van der Waals surface area contributed by atoms with Crippen molar-refractivity contribution in [2.45, 2.75) is 18.9 Å². The minimum Gasteiger partial charge on any atom is -0.504 e.